The van der Waals surface area contributed by atoms with Crippen LogP contribution in [-0.4, -0.2) is 18.0 Å². The molecule has 1 heteroatoms. The molecular formula is C14H23N. The van der Waals surface area contributed by atoms with E-state index in [-0.39, 0.29) is 0 Å². The molecule has 0 radical (unpaired) electrons. The molecule has 0 amide bonds. The molecule has 1 nitrogen and oxygen atoms in total. The number of piperidine rings is 1. The van der Waals surface area contributed by atoms with E-state index in [0.717, 1.165) is 6.54 Å². The molecule has 0 aromatic heterocycles. The fourth-order valence-electron chi connectivity index (χ4n) is 1.96. The summed E-state index contributed by atoms with van der Waals surface area (Å²) in [4.78, 5) is 2.55. The Hall–Kier alpha value is -0.820. The minimum absolute atomic E-state index is 1.14. The predicted molar refractivity (Wildman–Crippen MR) is 66.9 cm³/mol. The van der Waals surface area contributed by atoms with E-state index in [0.29, 0.717) is 0 Å². The summed E-state index contributed by atoms with van der Waals surface area (Å²) in [5, 5.41) is 0. The van der Waals surface area contributed by atoms with Crippen LogP contribution < -0.4 is 0 Å². The zero-order valence-corrected chi connectivity index (χ0v) is 10.1. The maximum absolute atomic E-state index is 2.55. The van der Waals surface area contributed by atoms with Crippen LogP contribution in [0.15, 0.2) is 30.3 Å². The molecule has 1 fully saturated rings. The minimum Gasteiger partial charge on any atom is -0.299 e. The molecule has 1 heterocycles. The second kappa shape index (κ2) is 7.47. The van der Waals surface area contributed by atoms with Gasteiger partial charge in [0.25, 0.3) is 0 Å². The van der Waals surface area contributed by atoms with Crippen molar-refractivity contribution in [1.82, 2.24) is 4.90 Å². The SMILES string of the molecule is CC.c1ccc(CN2CCCCC2)cc1. The van der Waals surface area contributed by atoms with Crippen molar-refractivity contribution in [3.05, 3.63) is 35.9 Å². The third-order valence-electron chi connectivity index (χ3n) is 2.70. The second-order valence-electron chi connectivity index (χ2n) is 3.82. The van der Waals surface area contributed by atoms with E-state index in [1.54, 1.807) is 0 Å². The summed E-state index contributed by atoms with van der Waals surface area (Å²) in [5.41, 5.74) is 1.45. The maximum atomic E-state index is 2.55. The number of benzene rings is 1. The summed E-state index contributed by atoms with van der Waals surface area (Å²) in [5.74, 6) is 0. The van der Waals surface area contributed by atoms with Gasteiger partial charge in [0.2, 0.25) is 0 Å². The summed E-state index contributed by atoms with van der Waals surface area (Å²) in [6.45, 7) is 7.71. The van der Waals surface area contributed by atoms with E-state index in [2.05, 4.69) is 35.2 Å². The lowest BCUT2D eigenvalue weighted by atomic mass is 10.1. The normalized spacial score (nSPS) is 16.7. The molecule has 1 aliphatic heterocycles. The van der Waals surface area contributed by atoms with E-state index in [4.69, 9.17) is 0 Å². The molecule has 2 rings (SSSR count). The number of rotatable bonds is 2. The van der Waals surface area contributed by atoms with Crippen molar-refractivity contribution in [1.29, 1.82) is 0 Å². The predicted octanol–water partition coefficient (Wildman–Crippen LogP) is 3.70. The Morgan fingerprint density at radius 1 is 0.933 bits per heavy atom. The minimum atomic E-state index is 1.14. The van der Waals surface area contributed by atoms with Crippen molar-refractivity contribution in [3.63, 3.8) is 0 Å². The molecule has 15 heavy (non-hydrogen) atoms. The van der Waals surface area contributed by atoms with Gasteiger partial charge in [-0.05, 0) is 31.5 Å². The zero-order valence-electron chi connectivity index (χ0n) is 10.1. The molecule has 1 saturated heterocycles. The number of hydrogen-bond acceptors (Lipinski definition) is 1. The molecule has 0 N–H and O–H groups in total. The van der Waals surface area contributed by atoms with Gasteiger partial charge >= 0.3 is 0 Å². The van der Waals surface area contributed by atoms with Gasteiger partial charge < -0.3 is 0 Å². The Morgan fingerprint density at radius 3 is 2.13 bits per heavy atom. The van der Waals surface area contributed by atoms with E-state index in [9.17, 15) is 0 Å². The van der Waals surface area contributed by atoms with E-state index in [1.165, 1.54) is 37.9 Å². The summed E-state index contributed by atoms with van der Waals surface area (Å²) in [6.07, 6.45) is 4.19. The van der Waals surface area contributed by atoms with Gasteiger partial charge in [-0.2, -0.15) is 0 Å². The van der Waals surface area contributed by atoms with Gasteiger partial charge in [-0.1, -0.05) is 50.6 Å². The van der Waals surface area contributed by atoms with Gasteiger partial charge in [-0.25, -0.2) is 0 Å². The maximum Gasteiger partial charge on any atom is 0.0233 e. The molecule has 0 unspecified atom stereocenters. The van der Waals surface area contributed by atoms with Crippen LogP contribution in [0.3, 0.4) is 0 Å². The average Bonchev–Trinajstić information content (AvgIpc) is 2.34. The van der Waals surface area contributed by atoms with Crippen molar-refractivity contribution < 1.29 is 0 Å². The Kier molecular flexibility index (Phi) is 6.10. The van der Waals surface area contributed by atoms with Gasteiger partial charge in [-0.15, -0.1) is 0 Å². The first kappa shape index (κ1) is 12.3. The molecule has 0 saturated carbocycles. The first-order valence-corrected chi connectivity index (χ1v) is 6.21. The van der Waals surface area contributed by atoms with Crippen LogP contribution in [0.5, 0.6) is 0 Å². The number of nitrogens with zero attached hydrogens (tertiary/aromatic N) is 1. The number of likely N-dealkylation sites (tertiary alicyclic amines) is 1. The Morgan fingerprint density at radius 2 is 1.53 bits per heavy atom. The Labute approximate surface area is 94.1 Å². The van der Waals surface area contributed by atoms with Gasteiger partial charge in [0, 0.05) is 6.54 Å². The lowest BCUT2D eigenvalue weighted by molar-refractivity contribution is 0.221. The number of hydrogen-bond donors (Lipinski definition) is 0. The molecule has 1 aromatic rings. The van der Waals surface area contributed by atoms with Gasteiger partial charge in [0.1, 0.15) is 0 Å². The summed E-state index contributed by atoms with van der Waals surface area (Å²) < 4.78 is 0. The molecule has 0 atom stereocenters. The lowest BCUT2D eigenvalue weighted by Crippen LogP contribution is -2.28. The molecular weight excluding hydrogens is 182 g/mol. The third kappa shape index (κ3) is 4.48. The molecule has 1 aliphatic rings. The molecule has 84 valence electrons. The fourth-order valence-corrected chi connectivity index (χ4v) is 1.96. The van der Waals surface area contributed by atoms with Crippen molar-refractivity contribution in [2.75, 3.05) is 13.1 Å². The summed E-state index contributed by atoms with van der Waals surface area (Å²) >= 11 is 0. The smallest absolute Gasteiger partial charge is 0.0233 e. The molecule has 0 bridgehead atoms. The zero-order chi connectivity index (χ0) is 10.9. The van der Waals surface area contributed by atoms with Crippen molar-refractivity contribution in [2.45, 2.75) is 39.7 Å². The van der Waals surface area contributed by atoms with Crippen LogP contribution in [0.2, 0.25) is 0 Å². The fraction of sp³-hybridized carbons (Fsp3) is 0.571. The van der Waals surface area contributed by atoms with Crippen LogP contribution in [0.1, 0.15) is 38.7 Å². The van der Waals surface area contributed by atoms with Crippen LogP contribution >= 0.6 is 0 Å². The summed E-state index contributed by atoms with van der Waals surface area (Å²) in [6, 6.07) is 10.8. The molecule has 0 spiro atoms. The quantitative estimate of drug-likeness (QED) is 0.711. The largest absolute Gasteiger partial charge is 0.299 e. The molecule has 0 aliphatic carbocycles. The van der Waals surface area contributed by atoms with E-state index >= 15 is 0 Å². The first-order valence-electron chi connectivity index (χ1n) is 6.21. The van der Waals surface area contributed by atoms with Crippen LogP contribution in [-0.2, 0) is 6.54 Å². The van der Waals surface area contributed by atoms with Crippen molar-refractivity contribution >= 4 is 0 Å². The highest BCUT2D eigenvalue weighted by Crippen LogP contribution is 2.12. The second-order valence-corrected chi connectivity index (χ2v) is 3.82. The van der Waals surface area contributed by atoms with E-state index in [1.807, 2.05) is 13.8 Å². The lowest BCUT2D eigenvalue weighted by Gasteiger charge is -2.26. The highest BCUT2D eigenvalue weighted by atomic mass is 15.1. The highest BCUT2D eigenvalue weighted by Gasteiger charge is 2.09. The van der Waals surface area contributed by atoms with Crippen LogP contribution in [0, 0.1) is 0 Å². The van der Waals surface area contributed by atoms with Gasteiger partial charge in [0.15, 0.2) is 0 Å². The monoisotopic (exact) mass is 205 g/mol. The van der Waals surface area contributed by atoms with Crippen molar-refractivity contribution in [3.8, 4) is 0 Å². The Balaban J connectivity index is 0.000000531. The Bertz CT molecular complexity index is 237. The van der Waals surface area contributed by atoms with Gasteiger partial charge in [0.05, 0.1) is 0 Å². The average molecular weight is 205 g/mol. The first-order chi connectivity index (χ1) is 7.45. The van der Waals surface area contributed by atoms with Crippen LogP contribution in [0.4, 0.5) is 0 Å². The summed E-state index contributed by atoms with van der Waals surface area (Å²) in [7, 11) is 0. The van der Waals surface area contributed by atoms with Crippen LogP contribution in [0.25, 0.3) is 0 Å². The third-order valence-corrected chi connectivity index (χ3v) is 2.70. The standard InChI is InChI=1S/C12H17N.C2H6/c1-3-7-12(8-4-1)11-13-9-5-2-6-10-13;1-2/h1,3-4,7-8H,2,5-6,9-11H2;1-2H3. The van der Waals surface area contributed by atoms with Crippen molar-refractivity contribution in [2.24, 2.45) is 0 Å². The van der Waals surface area contributed by atoms with E-state index < -0.39 is 0 Å². The highest BCUT2D eigenvalue weighted by molar-refractivity contribution is 5.14. The molecule has 1 aromatic carbocycles. The topological polar surface area (TPSA) is 3.24 Å². The van der Waals surface area contributed by atoms with Gasteiger partial charge in [-0.3, -0.25) is 4.90 Å².